The highest BCUT2D eigenvalue weighted by Gasteiger charge is 2.09. The smallest absolute Gasteiger partial charge is 0.140 e. The monoisotopic (exact) mass is 295 g/mol. The Kier molecular flexibility index (Phi) is 6.08. The lowest BCUT2D eigenvalue weighted by atomic mass is 10.1. The van der Waals surface area contributed by atoms with Crippen LogP contribution in [0.1, 0.15) is 36.3 Å². The molecular weight excluding hydrogens is 274 g/mol. The van der Waals surface area contributed by atoms with Crippen molar-refractivity contribution in [3.63, 3.8) is 0 Å². The molecule has 0 fully saturated rings. The fourth-order valence-electron chi connectivity index (χ4n) is 2.23. The van der Waals surface area contributed by atoms with E-state index in [4.69, 9.17) is 5.26 Å². The van der Waals surface area contributed by atoms with Crippen molar-refractivity contribution in [2.24, 2.45) is 0 Å². The first kappa shape index (κ1) is 16.2. The number of aliphatic hydroxyl groups excluding tert-OH is 1. The molecule has 4 nitrogen and oxygen atoms in total. The molecule has 0 bridgehead atoms. The molecule has 1 aromatic carbocycles. The SMILES string of the molecule is CC(CCc1ccc(C#N)nc1)NC[C@H](O)c1ccccc1. The summed E-state index contributed by atoms with van der Waals surface area (Å²) in [5.74, 6) is 0. The van der Waals surface area contributed by atoms with Crippen molar-refractivity contribution in [2.45, 2.75) is 31.9 Å². The van der Waals surface area contributed by atoms with Crippen molar-refractivity contribution >= 4 is 0 Å². The molecule has 0 aliphatic heterocycles. The normalized spacial score (nSPS) is 13.3. The van der Waals surface area contributed by atoms with Gasteiger partial charge in [0.15, 0.2) is 0 Å². The minimum absolute atomic E-state index is 0.300. The van der Waals surface area contributed by atoms with Gasteiger partial charge in [-0.25, -0.2) is 4.98 Å². The average molecular weight is 295 g/mol. The van der Waals surface area contributed by atoms with Crippen LogP contribution in [0.4, 0.5) is 0 Å². The van der Waals surface area contributed by atoms with Crippen molar-refractivity contribution in [3.05, 3.63) is 65.5 Å². The van der Waals surface area contributed by atoms with Crippen molar-refractivity contribution < 1.29 is 5.11 Å². The summed E-state index contributed by atoms with van der Waals surface area (Å²) in [5.41, 5.74) is 2.50. The number of aromatic nitrogens is 1. The summed E-state index contributed by atoms with van der Waals surface area (Å²) in [6.07, 6.45) is 3.12. The van der Waals surface area contributed by atoms with Gasteiger partial charge in [0.05, 0.1) is 6.10 Å². The summed E-state index contributed by atoms with van der Waals surface area (Å²) in [5, 5.41) is 22.2. The van der Waals surface area contributed by atoms with E-state index in [-0.39, 0.29) is 0 Å². The Morgan fingerprint density at radius 2 is 2.00 bits per heavy atom. The van der Waals surface area contributed by atoms with E-state index >= 15 is 0 Å². The third-order valence-corrected chi connectivity index (χ3v) is 3.65. The number of nitriles is 1. The van der Waals surface area contributed by atoms with Crippen LogP contribution < -0.4 is 5.32 Å². The first-order valence-electron chi connectivity index (χ1n) is 7.50. The van der Waals surface area contributed by atoms with Crippen LogP contribution in [-0.4, -0.2) is 22.7 Å². The van der Waals surface area contributed by atoms with E-state index in [1.54, 1.807) is 12.3 Å². The lowest BCUT2D eigenvalue weighted by Crippen LogP contribution is -2.30. The molecule has 0 aliphatic rings. The predicted molar refractivity (Wildman–Crippen MR) is 86.1 cm³/mol. The second kappa shape index (κ2) is 8.28. The minimum atomic E-state index is -0.486. The molecule has 0 saturated heterocycles. The van der Waals surface area contributed by atoms with Crippen molar-refractivity contribution in [3.8, 4) is 6.07 Å². The van der Waals surface area contributed by atoms with Gasteiger partial charge < -0.3 is 10.4 Å². The van der Waals surface area contributed by atoms with Crippen molar-refractivity contribution in [2.75, 3.05) is 6.54 Å². The zero-order valence-electron chi connectivity index (χ0n) is 12.7. The average Bonchev–Trinajstić information content (AvgIpc) is 2.59. The quantitative estimate of drug-likeness (QED) is 0.824. The maximum absolute atomic E-state index is 10.1. The molecule has 1 heterocycles. The zero-order valence-corrected chi connectivity index (χ0v) is 12.7. The number of nitrogens with zero attached hydrogens (tertiary/aromatic N) is 2. The van der Waals surface area contributed by atoms with E-state index in [0.29, 0.717) is 18.3 Å². The predicted octanol–water partition coefficient (Wildman–Crippen LogP) is 2.60. The highest BCUT2D eigenvalue weighted by molar-refractivity contribution is 5.23. The number of pyridine rings is 1. The van der Waals surface area contributed by atoms with Crippen LogP contribution in [0.2, 0.25) is 0 Å². The number of aliphatic hydroxyl groups is 1. The van der Waals surface area contributed by atoms with Crippen LogP contribution in [0.15, 0.2) is 48.7 Å². The molecule has 1 unspecified atom stereocenters. The number of hydrogen-bond acceptors (Lipinski definition) is 4. The minimum Gasteiger partial charge on any atom is -0.387 e. The molecule has 0 radical (unpaired) electrons. The van der Waals surface area contributed by atoms with Gasteiger partial charge in [-0.15, -0.1) is 0 Å². The van der Waals surface area contributed by atoms with E-state index < -0.39 is 6.10 Å². The molecule has 2 atom stereocenters. The molecule has 2 rings (SSSR count). The third kappa shape index (κ3) is 4.96. The van der Waals surface area contributed by atoms with Crippen LogP contribution in [0, 0.1) is 11.3 Å². The molecule has 0 amide bonds. The van der Waals surface area contributed by atoms with E-state index in [0.717, 1.165) is 24.0 Å². The van der Waals surface area contributed by atoms with Gasteiger partial charge in [-0.2, -0.15) is 5.26 Å². The Morgan fingerprint density at radius 1 is 1.23 bits per heavy atom. The Morgan fingerprint density at radius 3 is 2.64 bits per heavy atom. The maximum Gasteiger partial charge on any atom is 0.140 e. The first-order valence-corrected chi connectivity index (χ1v) is 7.50. The number of hydrogen-bond donors (Lipinski definition) is 2. The fourth-order valence-corrected chi connectivity index (χ4v) is 2.23. The Balaban J connectivity index is 1.73. The van der Waals surface area contributed by atoms with Crippen molar-refractivity contribution in [1.29, 1.82) is 5.26 Å². The Bertz CT molecular complexity index is 604. The Labute approximate surface area is 131 Å². The molecular formula is C18H21N3O. The Hall–Kier alpha value is -2.22. The van der Waals surface area contributed by atoms with Gasteiger partial charge >= 0.3 is 0 Å². The standard InChI is InChI=1S/C18H21N3O/c1-14(7-8-15-9-10-17(11-19)21-12-15)20-13-18(22)16-5-3-2-4-6-16/h2-6,9-10,12,14,18,20,22H,7-8,13H2,1H3/t14?,18-/m0/s1. The summed E-state index contributed by atoms with van der Waals surface area (Å²) in [6, 6.07) is 15.7. The fraction of sp³-hybridized carbons (Fsp3) is 0.333. The first-order chi connectivity index (χ1) is 10.7. The number of nitrogens with one attached hydrogen (secondary N) is 1. The largest absolute Gasteiger partial charge is 0.387 e. The molecule has 0 spiro atoms. The molecule has 0 saturated carbocycles. The lowest BCUT2D eigenvalue weighted by Gasteiger charge is -2.17. The van der Waals surface area contributed by atoms with E-state index in [1.165, 1.54) is 0 Å². The second-order valence-electron chi connectivity index (χ2n) is 5.44. The molecule has 4 heteroatoms. The highest BCUT2D eigenvalue weighted by atomic mass is 16.3. The maximum atomic E-state index is 10.1. The van der Waals surface area contributed by atoms with E-state index in [1.807, 2.05) is 42.5 Å². The lowest BCUT2D eigenvalue weighted by molar-refractivity contribution is 0.170. The van der Waals surface area contributed by atoms with Gasteiger partial charge in [0, 0.05) is 18.8 Å². The summed E-state index contributed by atoms with van der Waals surface area (Å²) in [6.45, 7) is 2.64. The summed E-state index contributed by atoms with van der Waals surface area (Å²) < 4.78 is 0. The second-order valence-corrected chi connectivity index (χ2v) is 5.44. The molecule has 22 heavy (non-hydrogen) atoms. The molecule has 1 aromatic heterocycles. The third-order valence-electron chi connectivity index (χ3n) is 3.65. The molecule has 2 aromatic rings. The van der Waals surface area contributed by atoms with Gasteiger partial charge in [-0.3, -0.25) is 0 Å². The summed E-state index contributed by atoms with van der Waals surface area (Å²) in [7, 11) is 0. The van der Waals surface area contributed by atoms with Crippen LogP contribution in [0.5, 0.6) is 0 Å². The highest BCUT2D eigenvalue weighted by Crippen LogP contribution is 2.11. The van der Waals surface area contributed by atoms with E-state index in [2.05, 4.69) is 17.2 Å². The summed E-state index contributed by atoms with van der Waals surface area (Å²) >= 11 is 0. The van der Waals surface area contributed by atoms with Gasteiger partial charge in [0.25, 0.3) is 0 Å². The van der Waals surface area contributed by atoms with Crippen molar-refractivity contribution in [1.82, 2.24) is 10.3 Å². The zero-order chi connectivity index (χ0) is 15.8. The van der Waals surface area contributed by atoms with Crippen LogP contribution in [0.25, 0.3) is 0 Å². The number of rotatable bonds is 7. The topological polar surface area (TPSA) is 68.9 Å². The van der Waals surface area contributed by atoms with Crippen LogP contribution >= 0.6 is 0 Å². The van der Waals surface area contributed by atoms with E-state index in [9.17, 15) is 5.11 Å². The number of aryl methyl sites for hydroxylation is 1. The molecule has 2 N–H and O–H groups in total. The van der Waals surface area contributed by atoms with Crippen LogP contribution in [0.3, 0.4) is 0 Å². The van der Waals surface area contributed by atoms with Gasteiger partial charge in [0.1, 0.15) is 11.8 Å². The van der Waals surface area contributed by atoms with Gasteiger partial charge in [-0.1, -0.05) is 36.4 Å². The number of benzene rings is 1. The summed E-state index contributed by atoms with van der Waals surface area (Å²) in [4.78, 5) is 4.07. The van der Waals surface area contributed by atoms with Gasteiger partial charge in [-0.05, 0) is 37.0 Å². The van der Waals surface area contributed by atoms with Gasteiger partial charge in [0.2, 0.25) is 0 Å². The van der Waals surface area contributed by atoms with Crippen LogP contribution in [-0.2, 0) is 6.42 Å². The molecule has 0 aliphatic carbocycles. The molecule has 114 valence electrons.